The van der Waals surface area contributed by atoms with Crippen LogP contribution in [-0.2, 0) is 9.53 Å². The highest BCUT2D eigenvalue weighted by Crippen LogP contribution is 2.19. The predicted octanol–water partition coefficient (Wildman–Crippen LogP) is 2.81. The van der Waals surface area contributed by atoms with E-state index in [1.807, 2.05) is 5.32 Å². The number of non-ortho nitro benzene ring substituents is 1. The van der Waals surface area contributed by atoms with Crippen LogP contribution in [-0.4, -0.2) is 23.4 Å². The summed E-state index contributed by atoms with van der Waals surface area (Å²) in [5.41, 5.74) is -0.893. The van der Waals surface area contributed by atoms with Crippen molar-refractivity contribution in [2.45, 2.75) is 0 Å². The second-order valence-corrected chi connectivity index (χ2v) is 4.65. The third kappa shape index (κ3) is 4.31. The second kappa shape index (κ2) is 7.43. The molecule has 0 radical (unpaired) electrons. The number of nitrogens with one attached hydrogen (secondary N) is 1. The molecule has 0 spiro atoms. The molecule has 0 aliphatic heterocycles. The first-order chi connectivity index (χ1) is 11.8. The van der Waals surface area contributed by atoms with Crippen LogP contribution in [0.3, 0.4) is 0 Å². The number of amides is 1. The Bertz CT molecular complexity index is 840. The summed E-state index contributed by atoms with van der Waals surface area (Å²) in [5, 5.41) is 12.4. The topological polar surface area (TPSA) is 98.5 Å². The summed E-state index contributed by atoms with van der Waals surface area (Å²) in [5.74, 6) is -6.69. The van der Waals surface area contributed by atoms with E-state index >= 15 is 0 Å². The van der Waals surface area contributed by atoms with Crippen LogP contribution in [0, 0.1) is 27.6 Å². The average molecular weight is 354 g/mol. The van der Waals surface area contributed by atoms with Crippen LogP contribution in [0.4, 0.5) is 24.5 Å². The Morgan fingerprint density at radius 1 is 1.04 bits per heavy atom. The van der Waals surface area contributed by atoms with E-state index < -0.39 is 46.5 Å². The molecule has 0 aliphatic carbocycles. The van der Waals surface area contributed by atoms with Crippen LogP contribution < -0.4 is 5.32 Å². The van der Waals surface area contributed by atoms with Crippen molar-refractivity contribution < 1.29 is 32.4 Å². The molecule has 2 aromatic carbocycles. The van der Waals surface area contributed by atoms with Gasteiger partial charge in [-0.15, -0.1) is 0 Å². The lowest BCUT2D eigenvalue weighted by Crippen LogP contribution is -2.21. The van der Waals surface area contributed by atoms with E-state index in [1.54, 1.807) is 0 Å². The van der Waals surface area contributed by atoms with Gasteiger partial charge in [-0.25, -0.2) is 18.0 Å². The van der Waals surface area contributed by atoms with Crippen LogP contribution in [0.25, 0.3) is 0 Å². The fourth-order valence-electron chi connectivity index (χ4n) is 1.74. The van der Waals surface area contributed by atoms with Gasteiger partial charge in [0.25, 0.3) is 11.6 Å². The van der Waals surface area contributed by atoms with E-state index in [0.29, 0.717) is 6.07 Å². The Balaban J connectivity index is 1.94. The van der Waals surface area contributed by atoms with Crippen molar-refractivity contribution in [3.8, 4) is 0 Å². The van der Waals surface area contributed by atoms with Crippen molar-refractivity contribution >= 4 is 23.3 Å². The van der Waals surface area contributed by atoms with Crippen LogP contribution in [0.15, 0.2) is 36.4 Å². The molecule has 0 atom stereocenters. The van der Waals surface area contributed by atoms with Gasteiger partial charge in [-0.05, 0) is 24.3 Å². The normalized spacial score (nSPS) is 10.2. The summed E-state index contributed by atoms with van der Waals surface area (Å²) in [4.78, 5) is 33.1. The van der Waals surface area contributed by atoms with E-state index in [2.05, 4.69) is 4.74 Å². The number of hydrogen-bond donors (Lipinski definition) is 1. The molecule has 0 saturated heterocycles. The van der Waals surface area contributed by atoms with E-state index in [0.717, 1.165) is 30.3 Å². The summed E-state index contributed by atoms with van der Waals surface area (Å²) >= 11 is 0. The summed E-state index contributed by atoms with van der Waals surface area (Å²) in [7, 11) is 0. The van der Waals surface area contributed by atoms with Gasteiger partial charge >= 0.3 is 5.97 Å². The first kappa shape index (κ1) is 17.9. The molecule has 0 fully saturated rings. The lowest BCUT2D eigenvalue weighted by Gasteiger charge is -2.08. The molecule has 25 heavy (non-hydrogen) atoms. The highest BCUT2D eigenvalue weighted by molar-refractivity contribution is 5.95. The van der Waals surface area contributed by atoms with Crippen molar-refractivity contribution in [1.29, 1.82) is 0 Å². The van der Waals surface area contributed by atoms with Gasteiger partial charge in [-0.2, -0.15) is 0 Å². The summed E-state index contributed by atoms with van der Waals surface area (Å²) in [6.45, 7) is -0.825. The number of nitrogens with zero attached hydrogens (tertiary/aromatic N) is 1. The van der Waals surface area contributed by atoms with Crippen LogP contribution in [0.1, 0.15) is 10.4 Å². The summed E-state index contributed by atoms with van der Waals surface area (Å²) in [6.07, 6.45) is 0. The maximum absolute atomic E-state index is 13.4. The van der Waals surface area contributed by atoms with E-state index in [4.69, 9.17) is 0 Å². The average Bonchev–Trinajstić information content (AvgIpc) is 2.60. The zero-order chi connectivity index (χ0) is 18.6. The van der Waals surface area contributed by atoms with Gasteiger partial charge in [0.05, 0.1) is 16.2 Å². The van der Waals surface area contributed by atoms with Crippen molar-refractivity contribution in [1.82, 2.24) is 0 Å². The molecule has 10 heteroatoms. The molecule has 0 aliphatic rings. The predicted molar refractivity (Wildman–Crippen MR) is 78.3 cm³/mol. The van der Waals surface area contributed by atoms with Crippen molar-refractivity contribution in [3.05, 3.63) is 69.5 Å². The van der Waals surface area contributed by atoms with Crippen LogP contribution >= 0.6 is 0 Å². The first-order valence-electron chi connectivity index (χ1n) is 6.64. The number of esters is 1. The van der Waals surface area contributed by atoms with Crippen molar-refractivity contribution in [3.63, 3.8) is 0 Å². The molecule has 2 aromatic rings. The Hall–Kier alpha value is -3.43. The first-order valence-corrected chi connectivity index (χ1v) is 6.64. The van der Waals surface area contributed by atoms with Gasteiger partial charge < -0.3 is 10.1 Å². The lowest BCUT2D eigenvalue weighted by molar-refractivity contribution is -0.384. The minimum atomic E-state index is -1.75. The zero-order valence-electron chi connectivity index (χ0n) is 12.3. The number of rotatable bonds is 5. The zero-order valence-corrected chi connectivity index (χ0v) is 12.3. The Morgan fingerprint density at radius 2 is 1.68 bits per heavy atom. The molecule has 0 unspecified atom stereocenters. The number of ether oxygens (including phenoxy) is 1. The van der Waals surface area contributed by atoms with E-state index in [1.165, 1.54) is 0 Å². The van der Waals surface area contributed by atoms with Crippen LogP contribution in [0.2, 0.25) is 0 Å². The quantitative estimate of drug-likeness (QED) is 0.385. The number of hydrogen-bond acceptors (Lipinski definition) is 5. The highest BCUT2D eigenvalue weighted by atomic mass is 19.2. The van der Waals surface area contributed by atoms with Crippen molar-refractivity contribution in [2.24, 2.45) is 0 Å². The monoisotopic (exact) mass is 354 g/mol. The molecule has 1 amide bonds. The SMILES string of the molecule is O=C(COC(=O)c1ccc([N+](=O)[O-])cc1)Nc1ccc(F)c(F)c1F. The molecule has 1 N–H and O–H groups in total. The van der Waals surface area contributed by atoms with Gasteiger partial charge in [0.2, 0.25) is 0 Å². The minimum absolute atomic E-state index is 0.0441. The molecule has 7 nitrogen and oxygen atoms in total. The van der Waals surface area contributed by atoms with Gasteiger partial charge in [-0.1, -0.05) is 0 Å². The second-order valence-electron chi connectivity index (χ2n) is 4.65. The summed E-state index contributed by atoms with van der Waals surface area (Å²) < 4.78 is 43.9. The number of halogens is 3. The molecule has 0 aromatic heterocycles. The maximum Gasteiger partial charge on any atom is 0.338 e. The van der Waals surface area contributed by atoms with Crippen molar-refractivity contribution in [2.75, 3.05) is 11.9 Å². The lowest BCUT2D eigenvalue weighted by atomic mass is 10.2. The largest absolute Gasteiger partial charge is 0.452 e. The molecule has 0 heterocycles. The fourth-order valence-corrected chi connectivity index (χ4v) is 1.74. The third-order valence-electron chi connectivity index (χ3n) is 2.96. The summed E-state index contributed by atoms with van der Waals surface area (Å²) in [6, 6.07) is 5.85. The van der Waals surface area contributed by atoms with Gasteiger partial charge in [-0.3, -0.25) is 14.9 Å². The number of benzene rings is 2. The molecular formula is C15H9F3N2O5. The number of nitro benzene ring substituents is 1. The number of carbonyl (C=O) groups is 2. The maximum atomic E-state index is 13.4. The van der Waals surface area contributed by atoms with E-state index in [-0.39, 0.29) is 11.3 Å². The Morgan fingerprint density at radius 3 is 2.28 bits per heavy atom. The fraction of sp³-hybridized carbons (Fsp3) is 0.0667. The number of carbonyl (C=O) groups excluding carboxylic acids is 2. The molecular weight excluding hydrogens is 345 g/mol. The minimum Gasteiger partial charge on any atom is -0.452 e. The van der Waals surface area contributed by atoms with Gasteiger partial charge in [0, 0.05) is 12.1 Å². The Labute approximate surface area is 138 Å². The molecule has 130 valence electrons. The third-order valence-corrected chi connectivity index (χ3v) is 2.96. The smallest absolute Gasteiger partial charge is 0.338 e. The van der Waals surface area contributed by atoms with E-state index in [9.17, 15) is 32.9 Å². The van der Waals surface area contributed by atoms with Crippen LogP contribution in [0.5, 0.6) is 0 Å². The molecule has 0 bridgehead atoms. The van der Waals surface area contributed by atoms with Gasteiger partial charge in [0.15, 0.2) is 24.1 Å². The molecule has 0 saturated carbocycles. The number of anilines is 1. The Kier molecular flexibility index (Phi) is 5.32. The molecule has 2 rings (SSSR count). The number of nitro groups is 1. The van der Waals surface area contributed by atoms with Gasteiger partial charge in [0.1, 0.15) is 0 Å². The standard InChI is InChI=1S/C15H9F3N2O5/c16-10-5-6-11(14(18)13(10)17)19-12(21)7-25-15(22)8-1-3-9(4-2-8)20(23)24/h1-6H,7H2,(H,19,21). The highest BCUT2D eigenvalue weighted by Gasteiger charge is 2.17.